The second-order valence-electron chi connectivity index (χ2n) is 5.59. The molecule has 3 nitrogen and oxygen atoms in total. The van der Waals surface area contributed by atoms with Crippen LogP contribution < -0.4 is 5.32 Å². The van der Waals surface area contributed by atoms with Crippen molar-refractivity contribution in [2.45, 2.75) is 46.2 Å². The summed E-state index contributed by atoms with van der Waals surface area (Å²) in [6.07, 6.45) is 3.68. The third-order valence-electron chi connectivity index (χ3n) is 3.71. The minimum absolute atomic E-state index is 0.449. The van der Waals surface area contributed by atoms with E-state index in [1.54, 1.807) is 0 Å². The SMILES string of the molecule is CC1(C)CCc2c(nc3n2CCNC3)C1. The van der Waals surface area contributed by atoms with Crippen LogP contribution in [0.15, 0.2) is 0 Å². The van der Waals surface area contributed by atoms with Crippen molar-refractivity contribution in [2.75, 3.05) is 6.54 Å². The fourth-order valence-corrected chi connectivity index (χ4v) is 2.80. The van der Waals surface area contributed by atoms with Crippen molar-refractivity contribution >= 4 is 0 Å². The molecule has 0 bridgehead atoms. The number of imidazole rings is 1. The van der Waals surface area contributed by atoms with Gasteiger partial charge in [0.1, 0.15) is 5.82 Å². The molecule has 0 fully saturated rings. The van der Waals surface area contributed by atoms with Gasteiger partial charge in [0.05, 0.1) is 12.2 Å². The first-order chi connectivity index (χ1) is 7.16. The molecule has 1 aromatic heterocycles. The Hall–Kier alpha value is -0.830. The van der Waals surface area contributed by atoms with Crippen molar-refractivity contribution in [1.82, 2.24) is 14.9 Å². The highest BCUT2D eigenvalue weighted by atomic mass is 15.2. The molecule has 0 amide bonds. The molecule has 0 aromatic carbocycles. The lowest BCUT2D eigenvalue weighted by molar-refractivity contribution is 0.306. The Morgan fingerprint density at radius 3 is 3.13 bits per heavy atom. The van der Waals surface area contributed by atoms with Gasteiger partial charge < -0.3 is 9.88 Å². The minimum atomic E-state index is 0.449. The number of aromatic nitrogens is 2. The summed E-state index contributed by atoms with van der Waals surface area (Å²) < 4.78 is 2.45. The van der Waals surface area contributed by atoms with E-state index < -0.39 is 0 Å². The quantitative estimate of drug-likeness (QED) is 0.695. The standard InChI is InChI=1S/C12H19N3/c1-12(2)4-3-10-9(7-12)14-11-8-13-5-6-15(10)11/h13H,3-8H2,1-2H3. The number of hydrogen-bond acceptors (Lipinski definition) is 2. The van der Waals surface area contributed by atoms with E-state index in [2.05, 4.69) is 23.7 Å². The topological polar surface area (TPSA) is 29.9 Å². The molecule has 2 aliphatic rings. The predicted molar refractivity (Wildman–Crippen MR) is 59.7 cm³/mol. The van der Waals surface area contributed by atoms with Crippen LogP contribution in [0, 0.1) is 5.41 Å². The van der Waals surface area contributed by atoms with Crippen LogP contribution in [0.2, 0.25) is 0 Å². The number of hydrogen-bond donors (Lipinski definition) is 1. The van der Waals surface area contributed by atoms with Crippen molar-refractivity contribution in [3.63, 3.8) is 0 Å². The van der Waals surface area contributed by atoms with E-state index in [1.807, 2.05) is 0 Å². The van der Waals surface area contributed by atoms with E-state index in [9.17, 15) is 0 Å². The minimum Gasteiger partial charge on any atom is -0.329 e. The van der Waals surface area contributed by atoms with Gasteiger partial charge in [0.25, 0.3) is 0 Å². The van der Waals surface area contributed by atoms with Gasteiger partial charge in [0.2, 0.25) is 0 Å². The Bertz CT molecular complexity index is 390. The van der Waals surface area contributed by atoms with E-state index in [1.165, 1.54) is 30.1 Å². The highest BCUT2D eigenvalue weighted by Gasteiger charge is 2.30. The smallest absolute Gasteiger partial charge is 0.123 e. The summed E-state index contributed by atoms with van der Waals surface area (Å²) >= 11 is 0. The van der Waals surface area contributed by atoms with E-state index in [0.717, 1.165) is 26.1 Å². The molecule has 0 saturated heterocycles. The molecule has 82 valence electrons. The first-order valence-electron chi connectivity index (χ1n) is 5.94. The van der Waals surface area contributed by atoms with Crippen LogP contribution >= 0.6 is 0 Å². The Morgan fingerprint density at radius 1 is 1.40 bits per heavy atom. The third-order valence-corrected chi connectivity index (χ3v) is 3.71. The lowest BCUT2D eigenvalue weighted by Crippen LogP contribution is -2.30. The Kier molecular flexibility index (Phi) is 1.93. The highest BCUT2D eigenvalue weighted by molar-refractivity contribution is 5.23. The lowest BCUT2D eigenvalue weighted by Gasteiger charge is -2.29. The van der Waals surface area contributed by atoms with Crippen LogP contribution in [0.25, 0.3) is 0 Å². The maximum atomic E-state index is 4.79. The normalized spacial score (nSPS) is 23.3. The Balaban J connectivity index is 2.03. The number of nitrogens with one attached hydrogen (secondary N) is 1. The Morgan fingerprint density at radius 2 is 2.27 bits per heavy atom. The van der Waals surface area contributed by atoms with Gasteiger partial charge in [-0.05, 0) is 24.7 Å². The molecule has 1 N–H and O–H groups in total. The zero-order valence-corrected chi connectivity index (χ0v) is 9.64. The van der Waals surface area contributed by atoms with Crippen molar-refractivity contribution < 1.29 is 0 Å². The van der Waals surface area contributed by atoms with Gasteiger partial charge in [0.15, 0.2) is 0 Å². The van der Waals surface area contributed by atoms with Gasteiger partial charge in [-0.25, -0.2) is 4.98 Å². The summed E-state index contributed by atoms with van der Waals surface area (Å²) in [7, 11) is 0. The molecule has 1 aromatic rings. The lowest BCUT2D eigenvalue weighted by atomic mass is 9.78. The molecule has 0 radical (unpaired) electrons. The molecule has 1 aliphatic carbocycles. The van der Waals surface area contributed by atoms with E-state index >= 15 is 0 Å². The van der Waals surface area contributed by atoms with Crippen molar-refractivity contribution in [2.24, 2.45) is 5.41 Å². The second kappa shape index (κ2) is 3.08. The largest absolute Gasteiger partial charge is 0.329 e. The third kappa shape index (κ3) is 1.49. The predicted octanol–water partition coefficient (Wildman–Crippen LogP) is 1.50. The second-order valence-corrected chi connectivity index (χ2v) is 5.59. The van der Waals surface area contributed by atoms with Crippen molar-refractivity contribution in [3.8, 4) is 0 Å². The van der Waals surface area contributed by atoms with Crippen LogP contribution in [0.4, 0.5) is 0 Å². The summed E-state index contributed by atoms with van der Waals surface area (Å²) in [5, 5.41) is 3.39. The first-order valence-corrected chi connectivity index (χ1v) is 5.94. The van der Waals surface area contributed by atoms with Gasteiger partial charge in [-0.2, -0.15) is 0 Å². The van der Waals surface area contributed by atoms with Crippen molar-refractivity contribution in [1.29, 1.82) is 0 Å². The van der Waals surface area contributed by atoms with E-state index in [0.29, 0.717) is 5.41 Å². The van der Waals surface area contributed by atoms with Gasteiger partial charge in [0, 0.05) is 18.8 Å². The monoisotopic (exact) mass is 205 g/mol. The van der Waals surface area contributed by atoms with Gasteiger partial charge >= 0.3 is 0 Å². The maximum absolute atomic E-state index is 4.79. The molecule has 0 saturated carbocycles. The first kappa shape index (κ1) is 9.40. The molecule has 2 heterocycles. The Labute approximate surface area is 90.9 Å². The maximum Gasteiger partial charge on any atom is 0.123 e. The average Bonchev–Trinajstić information content (AvgIpc) is 2.52. The molecular weight excluding hydrogens is 186 g/mol. The van der Waals surface area contributed by atoms with Gasteiger partial charge in [-0.1, -0.05) is 13.8 Å². The zero-order valence-electron chi connectivity index (χ0n) is 9.64. The molecule has 3 heteroatoms. The number of fused-ring (bicyclic) bond motifs is 3. The highest BCUT2D eigenvalue weighted by Crippen LogP contribution is 2.35. The summed E-state index contributed by atoms with van der Waals surface area (Å²) in [5.41, 5.74) is 3.33. The summed E-state index contributed by atoms with van der Waals surface area (Å²) in [5.74, 6) is 1.25. The summed E-state index contributed by atoms with van der Waals surface area (Å²) in [6.45, 7) is 7.86. The molecule has 0 unspecified atom stereocenters. The van der Waals surface area contributed by atoms with E-state index in [-0.39, 0.29) is 0 Å². The zero-order chi connectivity index (χ0) is 10.5. The summed E-state index contributed by atoms with van der Waals surface area (Å²) in [6, 6.07) is 0. The number of rotatable bonds is 0. The van der Waals surface area contributed by atoms with Crippen LogP contribution in [0.5, 0.6) is 0 Å². The number of nitrogens with zero attached hydrogens (tertiary/aromatic N) is 2. The molecule has 0 spiro atoms. The van der Waals surface area contributed by atoms with Crippen LogP contribution in [0.1, 0.15) is 37.5 Å². The van der Waals surface area contributed by atoms with E-state index in [4.69, 9.17) is 4.98 Å². The van der Waals surface area contributed by atoms with Crippen LogP contribution in [-0.4, -0.2) is 16.1 Å². The van der Waals surface area contributed by atoms with Gasteiger partial charge in [-0.15, -0.1) is 0 Å². The van der Waals surface area contributed by atoms with Gasteiger partial charge in [-0.3, -0.25) is 0 Å². The van der Waals surface area contributed by atoms with Crippen molar-refractivity contribution in [3.05, 3.63) is 17.2 Å². The summed E-state index contributed by atoms with van der Waals surface area (Å²) in [4.78, 5) is 4.79. The van der Waals surface area contributed by atoms with Crippen LogP contribution in [-0.2, 0) is 25.9 Å². The fraction of sp³-hybridized carbons (Fsp3) is 0.750. The molecule has 3 rings (SSSR count). The molecule has 15 heavy (non-hydrogen) atoms. The molecular formula is C12H19N3. The van der Waals surface area contributed by atoms with Crippen LogP contribution in [0.3, 0.4) is 0 Å². The molecule has 1 aliphatic heterocycles. The fourth-order valence-electron chi connectivity index (χ4n) is 2.80. The molecule has 0 atom stereocenters. The average molecular weight is 205 g/mol.